The minimum atomic E-state index is 0. The zero-order chi connectivity index (χ0) is 9.14. The Morgan fingerprint density at radius 2 is 1.85 bits per heavy atom. The van der Waals surface area contributed by atoms with Crippen LogP contribution < -0.4 is 0 Å². The van der Waals surface area contributed by atoms with Gasteiger partial charge in [0, 0.05) is 11.5 Å². The fourth-order valence-electron chi connectivity index (χ4n) is 0.972. The van der Waals surface area contributed by atoms with Gasteiger partial charge in [-0.1, -0.05) is 45.0 Å². The third kappa shape index (κ3) is 2.85. The lowest BCUT2D eigenvalue weighted by atomic mass is 10.0. The molecular formula is C11H15ClO. The molecule has 0 atom stereocenters. The zero-order valence-electron chi connectivity index (χ0n) is 7.17. The Kier molecular flexibility index (Phi) is 4.71. The van der Waals surface area contributed by atoms with Crippen molar-refractivity contribution in [1.82, 2.24) is 0 Å². The van der Waals surface area contributed by atoms with E-state index in [1.165, 1.54) is 0 Å². The lowest BCUT2D eigenvalue weighted by Crippen LogP contribution is -2.07. The van der Waals surface area contributed by atoms with Crippen molar-refractivity contribution in [2.75, 3.05) is 0 Å². The highest BCUT2D eigenvalue weighted by atomic mass is 35.5. The first kappa shape index (κ1) is 12.2. The molecule has 0 unspecified atom stereocenters. The van der Waals surface area contributed by atoms with Crippen LogP contribution in [0.15, 0.2) is 24.3 Å². The van der Waals surface area contributed by atoms with E-state index in [4.69, 9.17) is 11.6 Å². The van der Waals surface area contributed by atoms with Crippen molar-refractivity contribution in [3.8, 4) is 0 Å². The number of carbonyl (C=O) groups excluding carboxylic acids is 1. The fourth-order valence-corrected chi connectivity index (χ4v) is 1.20. The van der Waals surface area contributed by atoms with Gasteiger partial charge in [0.2, 0.25) is 0 Å². The van der Waals surface area contributed by atoms with Gasteiger partial charge in [-0.15, -0.1) is 0 Å². The van der Waals surface area contributed by atoms with Crippen LogP contribution >= 0.6 is 11.6 Å². The summed E-state index contributed by atoms with van der Waals surface area (Å²) in [5.41, 5.74) is 0.620. The number of hydrogen-bond donors (Lipinski definition) is 0. The first-order valence-electron chi connectivity index (χ1n) is 3.91. The maximum Gasteiger partial charge on any atom is 0.166 e. The second kappa shape index (κ2) is 5.03. The molecule has 1 aromatic rings. The molecular weight excluding hydrogens is 184 g/mol. The fraction of sp³-hybridized carbons (Fsp3) is 0.364. The minimum absolute atomic E-state index is 0. The van der Waals surface area contributed by atoms with Crippen LogP contribution in [-0.4, -0.2) is 5.78 Å². The maximum absolute atomic E-state index is 11.5. The number of Topliss-reactive ketones (excluding diaryl/α,β-unsaturated/α-hetero) is 1. The number of benzene rings is 1. The molecule has 0 saturated heterocycles. The van der Waals surface area contributed by atoms with Crippen molar-refractivity contribution in [1.29, 1.82) is 0 Å². The predicted octanol–water partition coefficient (Wildman–Crippen LogP) is 3.81. The van der Waals surface area contributed by atoms with Gasteiger partial charge in [-0.3, -0.25) is 4.79 Å². The van der Waals surface area contributed by atoms with Gasteiger partial charge in [0.1, 0.15) is 0 Å². The summed E-state index contributed by atoms with van der Waals surface area (Å²) >= 11 is 5.84. The van der Waals surface area contributed by atoms with E-state index < -0.39 is 0 Å². The second-order valence-electron chi connectivity index (χ2n) is 3.00. The number of ketones is 1. The van der Waals surface area contributed by atoms with Gasteiger partial charge in [0.25, 0.3) is 0 Å². The number of rotatable bonds is 2. The van der Waals surface area contributed by atoms with E-state index in [-0.39, 0.29) is 19.1 Å². The molecule has 0 heterocycles. The van der Waals surface area contributed by atoms with Crippen molar-refractivity contribution in [3.63, 3.8) is 0 Å². The van der Waals surface area contributed by atoms with E-state index in [1.54, 1.807) is 12.1 Å². The summed E-state index contributed by atoms with van der Waals surface area (Å²) in [5.74, 6) is 0.102. The smallest absolute Gasteiger partial charge is 0.166 e. The summed E-state index contributed by atoms with van der Waals surface area (Å²) in [4.78, 5) is 11.5. The van der Waals surface area contributed by atoms with E-state index in [2.05, 4.69) is 0 Å². The van der Waals surface area contributed by atoms with E-state index in [0.29, 0.717) is 10.6 Å². The molecule has 0 aliphatic heterocycles. The summed E-state index contributed by atoms with van der Waals surface area (Å²) in [7, 11) is 0. The summed E-state index contributed by atoms with van der Waals surface area (Å²) in [6, 6.07) is 7.13. The summed E-state index contributed by atoms with van der Waals surface area (Å²) in [6.45, 7) is 3.73. The number of halogens is 1. The molecule has 1 nitrogen and oxygen atoms in total. The van der Waals surface area contributed by atoms with Gasteiger partial charge >= 0.3 is 0 Å². The Morgan fingerprint density at radius 1 is 1.31 bits per heavy atom. The van der Waals surface area contributed by atoms with E-state index in [1.807, 2.05) is 26.0 Å². The highest BCUT2D eigenvalue weighted by molar-refractivity contribution is 6.34. The third-order valence-corrected chi connectivity index (χ3v) is 1.99. The standard InChI is InChI=1S/C10H11ClO.CH4/c1-7(2)10(12)8-5-3-4-6-9(8)11;/h3-7H,1-2H3;1H4. The summed E-state index contributed by atoms with van der Waals surface area (Å²) < 4.78 is 0. The molecule has 0 aromatic heterocycles. The van der Waals surface area contributed by atoms with Gasteiger partial charge in [-0.25, -0.2) is 0 Å². The highest BCUT2D eigenvalue weighted by Gasteiger charge is 2.12. The van der Waals surface area contributed by atoms with Crippen LogP contribution in [0, 0.1) is 5.92 Å². The minimum Gasteiger partial charge on any atom is -0.294 e. The van der Waals surface area contributed by atoms with Gasteiger partial charge in [0.15, 0.2) is 5.78 Å². The Labute approximate surface area is 84.7 Å². The van der Waals surface area contributed by atoms with Crippen molar-refractivity contribution >= 4 is 17.4 Å². The average Bonchev–Trinajstić information content (AvgIpc) is 2.04. The molecule has 0 amide bonds. The molecule has 0 N–H and O–H groups in total. The summed E-state index contributed by atoms with van der Waals surface area (Å²) in [5, 5.41) is 0.538. The lowest BCUT2D eigenvalue weighted by Gasteiger charge is -2.04. The molecule has 1 rings (SSSR count). The van der Waals surface area contributed by atoms with Gasteiger partial charge < -0.3 is 0 Å². The Bertz CT molecular complexity index is 292. The van der Waals surface area contributed by atoms with Crippen molar-refractivity contribution in [2.24, 2.45) is 5.92 Å². The molecule has 72 valence electrons. The van der Waals surface area contributed by atoms with E-state index >= 15 is 0 Å². The van der Waals surface area contributed by atoms with Crippen molar-refractivity contribution in [3.05, 3.63) is 34.9 Å². The monoisotopic (exact) mass is 198 g/mol. The van der Waals surface area contributed by atoms with Crippen LogP contribution in [0.2, 0.25) is 5.02 Å². The normalized spacial score (nSPS) is 9.54. The van der Waals surface area contributed by atoms with Crippen LogP contribution in [0.25, 0.3) is 0 Å². The first-order valence-corrected chi connectivity index (χ1v) is 4.29. The van der Waals surface area contributed by atoms with Crippen LogP contribution in [0.4, 0.5) is 0 Å². The molecule has 1 aromatic carbocycles. The topological polar surface area (TPSA) is 17.1 Å². The van der Waals surface area contributed by atoms with Crippen LogP contribution in [0.3, 0.4) is 0 Å². The third-order valence-electron chi connectivity index (χ3n) is 1.66. The molecule has 0 spiro atoms. The van der Waals surface area contributed by atoms with Crippen molar-refractivity contribution in [2.45, 2.75) is 21.3 Å². The molecule has 0 saturated carbocycles. The molecule has 2 heteroatoms. The van der Waals surface area contributed by atoms with Crippen LogP contribution in [0.5, 0.6) is 0 Å². The molecule has 13 heavy (non-hydrogen) atoms. The zero-order valence-corrected chi connectivity index (χ0v) is 7.93. The van der Waals surface area contributed by atoms with E-state index in [9.17, 15) is 4.79 Å². The second-order valence-corrected chi connectivity index (χ2v) is 3.41. The predicted molar refractivity (Wildman–Crippen MR) is 57.4 cm³/mol. The largest absolute Gasteiger partial charge is 0.294 e. The van der Waals surface area contributed by atoms with Gasteiger partial charge in [0.05, 0.1) is 5.02 Å². The number of hydrogen-bond acceptors (Lipinski definition) is 1. The maximum atomic E-state index is 11.5. The quantitative estimate of drug-likeness (QED) is 0.661. The van der Waals surface area contributed by atoms with Crippen LogP contribution in [-0.2, 0) is 0 Å². The van der Waals surface area contributed by atoms with Crippen molar-refractivity contribution < 1.29 is 4.79 Å². The SMILES string of the molecule is C.CC(C)C(=O)c1ccccc1Cl. The Balaban J connectivity index is 0.00000144. The number of carbonyl (C=O) groups is 1. The summed E-state index contributed by atoms with van der Waals surface area (Å²) in [6.07, 6.45) is 0. The first-order chi connectivity index (χ1) is 5.63. The highest BCUT2D eigenvalue weighted by Crippen LogP contribution is 2.18. The van der Waals surface area contributed by atoms with Gasteiger partial charge in [-0.2, -0.15) is 0 Å². The Hall–Kier alpha value is -0.820. The molecule has 0 aliphatic carbocycles. The van der Waals surface area contributed by atoms with Gasteiger partial charge in [-0.05, 0) is 12.1 Å². The average molecular weight is 199 g/mol. The Morgan fingerprint density at radius 3 is 2.31 bits per heavy atom. The molecule has 0 fully saturated rings. The molecule has 0 radical (unpaired) electrons. The molecule has 0 bridgehead atoms. The van der Waals surface area contributed by atoms with E-state index in [0.717, 1.165) is 0 Å². The lowest BCUT2D eigenvalue weighted by molar-refractivity contribution is 0.0939. The van der Waals surface area contributed by atoms with Crippen LogP contribution in [0.1, 0.15) is 31.6 Å². The molecule has 0 aliphatic rings.